The molecule has 0 saturated heterocycles. The van der Waals surface area contributed by atoms with Gasteiger partial charge in [-0.1, -0.05) is 20.8 Å². The van der Waals surface area contributed by atoms with E-state index in [9.17, 15) is 10.1 Å². The van der Waals surface area contributed by atoms with Crippen molar-refractivity contribution in [3.8, 4) is 29.2 Å². The lowest BCUT2D eigenvalue weighted by molar-refractivity contribution is -0.132. The quantitative estimate of drug-likeness (QED) is 0.579. The topological polar surface area (TPSA) is 132 Å². The fourth-order valence-corrected chi connectivity index (χ4v) is 3.46. The highest BCUT2D eigenvalue weighted by molar-refractivity contribution is 5.73. The fourth-order valence-electron chi connectivity index (χ4n) is 3.46. The second kappa shape index (κ2) is 7.63. The number of nitrogens with zero attached hydrogens (tertiary/aromatic N) is 2. The summed E-state index contributed by atoms with van der Waals surface area (Å²) in [5, 5.41) is 17.1. The van der Waals surface area contributed by atoms with Crippen LogP contribution in [0.3, 0.4) is 0 Å². The second-order valence-electron chi connectivity index (χ2n) is 7.84. The Hall–Kier alpha value is -3.67. The van der Waals surface area contributed by atoms with Crippen LogP contribution in [0.25, 0.3) is 0 Å². The van der Waals surface area contributed by atoms with Crippen LogP contribution in [-0.4, -0.2) is 30.4 Å². The number of aromatic amines is 1. The van der Waals surface area contributed by atoms with Crippen molar-refractivity contribution < 1.29 is 23.7 Å². The number of carbonyl (C=O) groups is 1. The van der Waals surface area contributed by atoms with Crippen molar-refractivity contribution in [2.24, 2.45) is 5.73 Å². The summed E-state index contributed by atoms with van der Waals surface area (Å²) in [6.07, 6.45) is 0. The number of carbonyl (C=O) groups excluding carboxylic acids is 1. The summed E-state index contributed by atoms with van der Waals surface area (Å²) in [5.74, 6) is -0.0940. The van der Waals surface area contributed by atoms with E-state index in [0.717, 1.165) is 5.69 Å². The maximum absolute atomic E-state index is 11.5. The Morgan fingerprint density at radius 2 is 1.87 bits per heavy atom. The van der Waals surface area contributed by atoms with Crippen molar-refractivity contribution in [2.45, 2.75) is 39.0 Å². The van der Waals surface area contributed by atoms with Crippen molar-refractivity contribution in [3.05, 3.63) is 40.4 Å². The molecular formula is C21H24N4O5. The number of ether oxygens (including phenoxy) is 4. The number of nitrogens with two attached hydrogens (primary N) is 1. The third-order valence-corrected chi connectivity index (χ3v) is 4.75. The fraction of sp³-hybridized carbons (Fsp3) is 0.381. The molecule has 1 unspecified atom stereocenters. The molecule has 30 heavy (non-hydrogen) atoms. The number of hydrogen-bond donors (Lipinski definition) is 2. The lowest BCUT2D eigenvalue weighted by Gasteiger charge is -2.28. The number of rotatable bonds is 4. The van der Waals surface area contributed by atoms with Gasteiger partial charge in [0.25, 0.3) is 0 Å². The molecule has 0 amide bonds. The van der Waals surface area contributed by atoms with E-state index in [-0.39, 0.29) is 34.1 Å². The third kappa shape index (κ3) is 3.52. The molecule has 0 fully saturated rings. The molecule has 3 rings (SSSR count). The molecule has 0 radical (unpaired) electrons. The third-order valence-electron chi connectivity index (χ3n) is 4.75. The van der Waals surface area contributed by atoms with Crippen LogP contribution in [0, 0.1) is 11.3 Å². The van der Waals surface area contributed by atoms with Crippen molar-refractivity contribution in [1.29, 1.82) is 5.26 Å². The zero-order valence-corrected chi connectivity index (χ0v) is 17.7. The number of fused-ring (bicyclic) bond motifs is 1. The van der Waals surface area contributed by atoms with E-state index in [1.54, 1.807) is 12.1 Å². The molecule has 1 atom stereocenters. The lowest BCUT2D eigenvalue weighted by Crippen LogP contribution is -2.24. The summed E-state index contributed by atoms with van der Waals surface area (Å²) in [4.78, 5) is 11.5. The molecule has 0 spiro atoms. The Morgan fingerprint density at radius 1 is 1.27 bits per heavy atom. The molecule has 158 valence electrons. The highest BCUT2D eigenvalue weighted by Gasteiger charge is 2.39. The van der Waals surface area contributed by atoms with Crippen LogP contribution in [0.2, 0.25) is 0 Å². The molecule has 9 heteroatoms. The molecular weight excluding hydrogens is 388 g/mol. The lowest BCUT2D eigenvalue weighted by atomic mass is 9.78. The highest BCUT2D eigenvalue weighted by Crippen LogP contribution is 2.49. The van der Waals surface area contributed by atoms with E-state index in [4.69, 9.17) is 24.7 Å². The van der Waals surface area contributed by atoms with Gasteiger partial charge in [0.05, 0.1) is 25.7 Å². The van der Waals surface area contributed by atoms with Crippen LogP contribution in [0.15, 0.2) is 23.6 Å². The van der Waals surface area contributed by atoms with Gasteiger partial charge >= 0.3 is 5.97 Å². The second-order valence-corrected chi connectivity index (χ2v) is 7.84. The van der Waals surface area contributed by atoms with E-state index in [0.29, 0.717) is 17.0 Å². The zero-order valence-electron chi connectivity index (χ0n) is 17.7. The first-order valence-electron chi connectivity index (χ1n) is 9.23. The molecule has 0 aliphatic carbocycles. The van der Waals surface area contributed by atoms with Crippen LogP contribution >= 0.6 is 0 Å². The van der Waals surface area contributed by atoms with Crippen LogP contribution in [0.5, 0.6) is 23.1 Å². The highest BCUT2D eigenvalue weighted by atomic mass is 16.6. The Kier molecular flexibility index (Phi) is 5.35. The Balaban J connectivity index is 2.30. The number of nitrogens with one attached hydrogen (secondary N) is 1. The van der Waals surface area contributed by atoms with Gasteiger partial charge < -0.3 is 24.7 Å². The van der Waals surface area contributed by atoms with Gasteiger partial charge in [-0.25, -0.2) is 0 Å². The normalized spacial score (nSPS) is 15.7. The van der Waals surface area contributed by atoms with E-state index in [1.807, 2.05) is 20.8 Å². The summed E-state index contributed by atoms with van der Waals surface area (Å²) in [7, 11) is 2.91. The predicted octanol–water partition coefficient (Wildman–Crippen LogP) is 2.87. The Bertz CT molecular complexity index is 1050. The number of nitriles is 1. The van der Waals surface area contributed by atoms with Crippen molar-refractivity contribution in [1.82, 2.24) is 10.2 Å². The molecule has 0 saturated carbocycles. The van der Waals surface area contributed by atoms with Crippen molar-refractivity contribution in [3.63, 3.8) is 0 Å². The van der Waals surface area contributed by atoms with E-state index in [2.05, 4.69) is 16.3 Å². The number of methoxy groups -OCH3 is 2. The molecule has 9 nitrogen and oxygen atoms in total. The minimum absolute atomic E-state index is 0.0241. The summed E-state index contributed by atoms with van der Waals surface area (Å²) in [5.41, 5.74) is 8.13. The molecule has 0 bridgehead atoms. The van der Waals surface area contributed by atoms with E-state index in [1.165, 1.54) is 21.1 Å². The number of benzene rings is 1. The number of H-pyrrole nitrogens is 1. The number of allylic oxidation sites excluding steroid dienone is 1. The van der Waals surface area contributed by atoms with Crippen LogP contribution in [-0.2, 0) is 10.2 Å². The van der Waals surface area contributed by atoms with Gasteiger partial charge in [0, 0.05) is 18.0 Å². The van der Waals surface area contributed by atoms with Gasteiger partial charge in [-0.05, 0) is 17.7 Å². The largest absolute Gasteiger partial charge is 0.493 e. The summed E-state index contributed by atoms with van der Waals surface area (Å²) in [6.45, 7) is 7.36. The van der Waals surface area contributed by atoms with Crippen molar-refractivity contribution >= 4 is 5.97 Å². The monoisotopic (exact) mass is 412 g/mol. The van der Waals surface area contributed by atoms with Gasteiger partial charge in [-0.3, -0.25) is 9.89 Å². The Morgan fingerprint density at radius 3 is 2.33 bits per heavy atom. The average Bonchev–Trinajstić information content (AvgIpc) is 3.10. The Labute approximate surface area is 174 Å². The predicted molar refractivity (Wildman–Crippen MR) is 107 cm³/mol. The molecule has 2 heterocycles. The van der Waals surface area contributed by atoms with Gasteiger partial charge in [0.15, 0.2) is 11.5 Å². The number of aromatic nitrogens is 2. The first-order valence-corrected chi connectivity index (χ1v) is 9.23. The molecule has 3 N–H and O–H groups in total. The maximum Gasteiger partial charge on any atom is 0.308 e. The number of hydrogen-bond acceptors (Lipinski definition) is 8. The minimum atomic E-state index is -0.582. The maximum atomic E-state index is 11.5. The number of esters is 1. The summed E-state index contributed by atoms with van der Waals surface area (Å²) < 4.78 is 21.8. The first-order chi connectivity index (χ1) is 14.1. The first kappa shape index (κ1) is 21.0. The van der Waals surface area contributed by atoms with Crippen LogP contribution in [0.4, 0.5) is 0 Å². The molecule has 1 aromatic carbocycles. The molecule has 1 aromatic heterocycles. The molecule has 1 aliphatic heterocycles. The average molecular weight is 412 g/mol. The molecule has 1 aliphatic rings. The van der Waals surface area contributed by atoms with Gasteiger partial charge in [-0.15, -0.1) is 5.10 Å². The van der Waals surface area contributed by atoms with Crippen LogP contribution < -0.4 is 24.7 Å². The SMILES string of the molecule is COc1cc(C2C(C#N)=C(N)Oc3n[nH]c(C(C)(C)C)c32)cc(OC)c1OC(C)=O. The standard InChI is InChI=1S/C21H24N4O5/c1-10(26)29-17-13(27-5)7-11(8-14(17)28-6)15-12(9-22)19(23)30-20-16(15)18(24-25-20)21(2,3)4/h7-8,15H,23H2,1-6H3,(H,24,25). The van der Waals surface area contributed by atoms with E-state index < -0.39 is 11.9 Å². The van der Waals surface area contributed by atoms with Gasteiger partial charge in [0.1, 0.15) is 11.6 Å². The summed E-state index contributed by atoms with van der Waals surface area (Å²) >= 11 is 0. The van der Waals surface area contributed by atoms with Gasteiger partial charge in [-0.2, -0.15) is 5.26 Å². The molecule has 2 aromatic rings. The van der Waals surface area contributed by atoms with E-state index >= 15 is 0 Å². The van der Waals surface area contributed by atoms with Crippen molar-refractivity contribution in [2.75, 3.05) is 14.2 Å². The van der Waals surface area contributed by atoms with Crippen LogP contribution in [0.1, 0.15) is 50.4 Å². The summed E-state index contributed by atoms with van der Waals surface area (Å²) in [6, 6.07) is 5.52. The van der Waals surface area contributed by atoms with Gasteiger partial charge in [0.2, 0.25) is 17.5 Å². The zero-order chi connectivity index (χ0) is 22.2. The minimum Gasteiger partial charge on any atom is -0.493 e. The smallest absolute Gasteiger partial charge is 0.308 e.